The number of nitrogens with zero attached hydrogens (tertiary/aromatic N) is 3. The molecule has 2 amide bonds. The third-order valence-corrected chi connectivity index (χ3v) is 2.71. The number of hydrogen-bond donors (Lipinski definition) is 1. The van der Waals surface area contributed by atoms with Crippen LogP contribution >= 0.6 is 0 Å². The standard InChI is InChI=1S/C12H16N4O/c1-3-15(4-2)12(17)14-11-13-9-10-7-5-6-8-16(10)11/h5-9H,3-4H2,1-2H3,(H,13,14,17). The molecule has 90 valence electrons. The van der Waals surface area contributed by atoms with Gasteiger partial charge in [-0.25, -0.2) is 9.78 Å². The van der Waals surface area contributed by atoms with Gasteiger partial charge in [-0.15, -0.1) is 0 Å². The van der Waals surface area contributed by atoms with Crippen LogP contribution in [0.1, 0.15) is 13.8 Å². The number of carbonyl (C=O) groups excluding carboxylic acids is 1. The van der Waals surface area contributed by atoms with Crippen molar-refractivity contribution in [1.29, 1.82) is 0 Å². The van der Waals surface area contributed by atoms with Gasteiger partial charge in [0.25, 0.3) is 0 Å². The Labute approximate surface area is 100 Å². The average molecular weight is 232 g/mol. The maximum absolute atomic E-state index is 11.9. The molecule has 0 aliphatic heterocycles. The van der Waals surface area contributed by atoms with Crippen LogP contribution in [0, 0.1) is 0 Å². The summed E-state index contributed by atoms with van der Waals surface area (Å²) in [5.74, 6) is 0.553. The highest BCUT2D eigenvalue weighted by Gasteiger charge is 2.12. The molecule has 5 heteroatoms. The van der Waals surface area contributed by atoms with Crippen molar-refractivity contribution in [1.82, 2.24) is 14.3 Å². The second-order valence-electron chi connectivity index (χ2n) is 3.68. The van der Waals surface area contributed by atoms with E-state index in [9.17, 15) is 4.79 Å². The average Bonchev–Trinajstić information content (AvgIpc) is 2.74. The van der Waals surface area contributed by atoms with Gasteiger partial charge in [0.2, 0.25) is 5.95 Å². The first kappa shape index (κ1) is 11.4. The van der Waals surface area contributed by atoms with Crippen LogP contribution in [0.2, 0.25) is 0 Å². The number of pyridine rings is 1. The molecule has 0 radical (unpaired) electrons. The number of amides is 2. The molecule has 2 aromatic rings. The summed E-state index contributed by atoms with van der Waals surface area (Å²) in [7, 11) is 0. The van der Waals surface area contributed by atoms with E-state index in [4.69, 9.17) is 0 Å². The summed E-state index contributed by atoms with van der Waals surface area (Å²) in [6, 6.07) is 5.67. The van der Waals surface area contributed by atoms with Gasteiger partial charge in [-0.2, -0.15) is 0 Å². The number of imidazole rings is 1. The van der Waals surface area contributed by atoms with Crippen LogP contribution in [0.25, 0.3) is 5.52 Å². The van der Waals surface area contributed by atoms with Crippen molar-refractivity contribution < 1.29 is 4.79 Å². The molecule has 0 atom stereocenters. The van der Waals surface area contributed by atoms with Crippen molar-refractivity contribution >= 4 is 17.5 Å². The first-order chi connectivity index (χ1) is 8.26. The number of carbonyl (C=O) groups is 1. The number of nitrogens with one attached hydrogen (secondary N) is 1. The Morgan fingerprint density at radius 2 is 2.18 bits per heavy atom. The lowest BCUT2D eigenvalue weighted by molar-refractivity contribution is 0.217. The summed E-state index contributed by atoms with van der Waals surface area (Å²) in [6.07, 6.45) is 3.61. The van der Waals surface area contributed by atoms with Crippen molar-refractivity contribution in [2.75, 3.05) is 18.4 Å². The summed E-state index contributed by atoms with van der Waals surface area (Å²) >= 11 is 0. The third-order valence-electron chi connectivity index (χ3n) is 2.71. The molecule has 0 aliphatic carbocycles. The van der Waals surface area contributed by atoms with Crippen LogP contribution in [0.15, 0.2) is 30.6 Å². The molecule has 0 spiro atoms. The number of fused-ring (bicyclic) bond motifs is 1. The fourth-order valence-corrected chi connectivity index (χ4v) is 1.72. The second-order valence-corrected chi connectivity index (χ2v) is 3.68. The Bertz CT molecular complexity index is 516. The number of aromatic nitrogens is 2. The zero-order valence-corrected chi connectivity index (χ0v) is 10.1. The summed E-state index contributed by atoms with van der Waals surface area (Å²) < 4.78 is 1.85. The van der Waals surface area contributed by atoms with E-state index in [0.717, 1.165) is 5.52 Å². The SMILES string of the molecule is CCN(CC)C(=O)Nc1ncc2ccccn12. The quantitative estimate of drug-likeness (QED) is 0.882. The highest BCUT2D eigenvalue weighted by atomic mass is 16.2. The van der Waals surface area contributed by atoms with Gasteiger partial charge in [0, 0.05) is 19.3 Å². The van der Waals surface area contributed by atoms with Crippen molar-refractivity contribution in [3.05, 3.63) is 30.6 Å². The van der Waals surface area contributed by atoms with E-state index in [1.54, 1.807) is 11.1 Å². The minimum atomic E-state index is -0.119. The van der Waals surface area contributed by atoms with Gasteiger partial charge in [0.05, 0.1) is 11.7 Å². The minimum absolute atomic E-state index is 0.119. The Balaban J connectivity index is 2.21. The molecule has 0 saturated heterocycles. The molecule has 2 heterocycles. The van der Waals surface area contributed by atoms with Gasteiger partial charge >= 0.3 is 6.03 Å². The van der Waals surface area contributed by atoms with Gasteiger partial charge in [0.1, 0.15) is 0 Å². The highest BCUT2D eigenvalue weighted by molar-refractivity contribution is 5.88. The molecule has 0 bridgehead atoms. The van der Waals surface area contributed by atoms with E-state index in [1.165, 1.54) is 0 Å². The lowest BCUT2D eigenvalue weighted by Gasteiger charge is -2.18. The minimum Gasteiger partial charge on any atom is -0.325 e. The maximum Gasteiger partial charge on any atom is 0.324 e. The summed E-state index contributed by atoms with van der Waals surface area (Å²) in [5, 5.41) is 2.81. The molecule has 5 nitrogen and oxygen atoms in total. The first-order valence-corrected chi connectivity index (χ1v) is 5.74. The lowest BCUT2D eigenvalue weighted by atomic mass is 10.4. The van der Waals surface area contributed by atoms with Crippen LogP contribution in [-0.4, -0.2) is 33.4 Å². The Morgan fingerprint density at radius 3 is 2.88 bits per heavy atom. The molecule has 17 heavy (non-hydrogen) atoms. The van der Waals surface area contributed by atoms with Crippen LogP contribution in [0.4, 0.5) is 10.7 Å². The molecule has 0 aromatic carbocycles. The predicted octanol–water partition coefficient (Wildman–Crippen LogP) is 2.21. The van der Waals surface area contributed by atoms with Gasteiger partial charge in [-0.05, 0) is 26.0 Å². The van der Waals surface area contributed by atoms with E-state index in [2.05, 4.69) is 10.3 Å². The highest BCUT2D eigenvalue weighted by Crippen LogP contribution is 2.10. The smallest absolute Gasteiger partial charge is 0.324 e. The molecule has 2 aromatic heterocycles. The number of rotatable bonds is 3. The van der Waals surface area contributed by atoms with Gasteiger partial charge in [0.15, 0.2) is 0 Å². The monoisotopic (exact) mass is 232 g/mol. The van der Waals surface area contributed by atoms with Crippen LogP contribution in [-0.2, 0) is 0 Å². The molecule has 0 aliphatic rings. The lowest BCUT2D eigenvalue weighted by Crippen LogP contribution is -2.35. The van der Waals surface area contributed by atoms with E-state index in [-0.39, 0.29) is 6.03 Å². The summed E-state index contributed by atoms with van der Waals surface area (Å²) in [5.41, 5.74) is 0.961. The topological polar surface area (TPSA) is 49.6 Å². The zero-order chi connectivity index (χ0) is 12.3. The number of hydrogen-bond acceptors (Lipinski definition) is 2. The van der Waals surface area contributed by atoms with Crippen molar-refractivity contribution in [2.45, 2.75) is 13.8 Å². The Kier molecular flexibility index (Phi) is 3.27. The zero-order valence-electron chi connectivity index (χ0n) is 10.1. The molecular formula is C12H16N4O. The van der Waals surface area contributed by atoms with Crippen LogP contribution in [0.5, 0.6) is 0 Å². The third kappa shape index (κ3) is 2.22. The maximum atomic E-state index is 11.9. The number of urea groups is 1. The van der Waals surface area contributed by atoms with E-state index in [1.807, 2.05) is 42.6 Å². The van der Waals surface area contributed by atoms with Gasteiger partial charge < -0.3 is 4.90 Å². The molecular weight excluding hydrogens is 216 g/mol. The van der Waals surface area contributed by atoms with Crippen molar-refractivity contribution in [3.63, 3.8) is 0 Å². The normalized spacial score (nSPS) is 10.5. The molecule has 0 unspecified atom stereocenters. The van der Waals surface area contributed by atoms with E-state index < -0.39 is 0 Å². The van der Waals surface area contributed by atoms with Crippen LogP contribution in [0.3, 0.4) is 0 Å². The Hall–Kier alpha value is -2.04. The van der Waals surface area contributed by atoms with E-state index >= 15 is 0 Å². The van der Waals surface area contributed by atoms with Crippen molar-refractivity contribution in [3.8, 4) is 0 Å². The fourth-order valence-electron chi connectivity index (χ4n) is 1.72. The Morgan fingerprint density at radius 1 is 1.41 bits per heavy atom. The first-order valence-electron chi connectivity index (χ1n) is 5.74. The summed E-state index contributed by atoms with van der Waals surface area (Å²) in [6.45, 7) is 5.27. The molecule has 1 N–H and O–H groups in total. The fraction of sp³-hybridized carbons (Fsp3) is 0.333. The summed E-state index contributed by atoms with van der Waals surface area (Å²) in [4.78, 5) is 17.8. The van der Waals surface area contributed by atoms with Crippen LogP contribution < -0.4 is 5.32 Å². The molecule has 2 rings (SSSR count). The largest absolute Gasteiger partial charge is 0.325 e. The molecule has 0 fully saturated rings. The van der Waals surface area contributed by atoms with Crippen molar-refractivity contribution in [2.24, 2.45) is 0 Å². The molecule has 0 saturated carbocycles. The van der Waals surface area contributed by atoms with Gasteiger partial charge in [-0.1, -0.05) is 6.07 Å². The van der Waals surface area contributed by atoms with Gasteiger partial charge in [-0.3, -0.25) is 9.72 Å². The van der Waals surface area contributed by atoms with E-state index in [0.29, 0.717) is 19.0 Å². The number of anilines is 1. The predicted molar refractivity (Wildman–Crippen MR) is 67.1 cm³/mol. The second kappa shape index (κ2) is 4.86.